The second-order valence-electron chi connectivity index (χ2n) is 1.65. The van der Waals surface area contributed by atoms with Crippen LogP contribution in [-0.2, 0) is 6.42 Å². The van der Waals surface area contributed by atoms with E-state index in [-0.39, 0.29) is 7.43 Å². The molecule has 0 atom stereocenters. The molecule has 9 heavy (non-hydrogen) atoms. The minimum atomic E-state index is 0. The van der Waals surface area contributed by atoms with E-state index in [4.69, 9.17) is 0 Å². The van der Waals surface area contributed by atoms with Crippen LogP contribution in [0.4, 0.5) is 0 Å². The monoisotopic (exact) mass is 144 g/mol. The number of rotatable bonds is 1. The Balaban J connectivity index is 0.000000640. The van der Waals surface area contributed by atoms with Crippen molar-refractivity contribution >= 4 is 11.7 Å². The summed E-state index contributed by atoms with van der Waals surface area (Å²) in [7, 11) is 0. The second-order valence-corrected chi connectivity index (χ2v) is 2.18. The first-order valence-electron chi connectivity index (χ1n) is 2.62. The SMILES string of the molecule is C.CCc1nsnc1C. The van der Waals surface area contributed by atoms with Crippen LogP contribution in [0.25, 0.3) is 0 Å². The van der Waals surface area contributed by atoms with Crippen molar-refractivity contribution in [2.75, 3.05) is 0 Å². The molecular weight excluding hydrogens is 132 g/mol. The van der Waals surface area contributed by atoms with Crippen LogP contribution < -0.4 is 0 Å². The maximum absolute atomic E-state index is 4.06. The quantitative estimate of drug-likeness (QED) is 0.603. The topological polar surface area (TPSA) is 25.8 Å². The zero-order valence-electron chi connectivity index (χ0n) is 5.01. The summed E-state index contributed by atoms with van der Waals surface area (Å²) in [4.78, 5) is 0. The first-order valence-corrected chi connectivity index (χ1v) is 3.35. The minimum Gasteiger partial charge on any atom is -0.178 e. The number of nitrogens with zero attached hydrogens (tertiary/aromatic N) is 2. The van der Waals surface area contributed by atoms with Gasteiger partial charge in [0.1, 0.15) is 0 Å². The second kappa shape index (κ2) is 3.56. The maximum atomic E-state index is 4.06. The summed E-state index contributed by atoms with van der Waals surface area (Å²) in [6.07, 6.45) is 1.00. The standard InChI is InChI=1S/C5H8N2S.CH4/c1-3-5-4(2)6-8-7-5;/h3H2,1-2H3;1H4. The molecule has 0 aliphatic heterocycles. The predicted octanol–water partition coefficient (Wildman–Crippen LogP) is 2.05. The highest BCUT2D eigenvalue weighted by Crippen LogP contribution is 2.02. The van der Waals surface area contributed by atoms with Gasteiger partial charge in [0.2, 0.25) is 0 Å². The molecule has 0 bridgehead atoms. The summed E-state index contributed by atoms with van der Waals surface area (Å²) in [5, 5.41) is 0. The summed E-state index contributed by atoms with van der Waals surface area (Å²) in [6, 6.07) is 0. The molecule has 0 aromatic carbocycles. The predicted molar refractivity (Wildman–Crippen MR) is 40.8 cm³/mol. The van der Waals surface area contributed by atoms with Crippen LogP contribution in [0, 0.1) is 6.92 Å². The first kappa shape index (κ1) is 8.56. The lowest BCUT2D eigenvalue weighted by molar-refractivity contribution is 1.05. The fourth-order valence-corrected chi connectivity index (χ4v) is 1.20. The van der Waals surface area contributed by atoms with Gasteiger partial charge in [-0.05, 0) is 13.3 Å². The van der Waals surface area contributed by atoms with Gasteiger partial charge in [-0.3, -0.25) is 0 Å². The molecule has 0 spiro atoms. The summed E-state index contributed by atoms with van der Waals surface area (Å²) >= 11 is 1.29. The Hall–Kier alpha value is -0.440. The van der Waals surface area contributed by atoms with Crippen molar-refractivity contribution < 1.29 is 0 Å². The van der Waals surface area contributed by atoms with Crippen LogP contribution in [0.5, 0.6) is 0 Å². The normalized spacial score (nSPS) is 8.67. The molecule has 0 amide bonds. The Morgan fingerprint density at radius 3 is 2.33 bits per heavy atom. The highest BCUT2D eigenvalue weighted by molar-refractivity contribution is 6.99. The van der Waals surface area contributed by atoms with Crippen molar-refractivity contribution in [3.8, 4) is 0 Å². The highest BCUT2D eigenvalue weighted by Gasteiger charge is 1.96. The third-order valence-electron chi connectivity index (χ3n) is 1.08. The van der Waals surface area contributed by atoms with E-state index in [0.29, 0.717) is 0 Å². The Kier molecular flexibility index (Phi) is 3.39. The molecule has 3 heteroatoms. The fraction of sp³-hybridized carbons (Fsp3) is 0.667. The molecule has 0 fully saturated rings. The number of aryl methyl sites for hydroxylation is 2. The summed E-state index contributed by atoms with van der Waals surface area (Å²) in [6.45, 7) is 4.08. The van der Waals surface area contributed by atoms with E-state index in [0.717, 1.165) is 17.8 Å². The van der Waals surface area contributed by atoms with Crippen molar-refractivity contribution in [3.63, 3.8) is 0 Å². The zero-order valence-corrected chi connectivity index (χ0v) is 5.83. The Bertz CT molecular complexity index is 171. The largest absolute Gasteiger partial charge is 0.178 e. The molecule has 0 saturated carbocycles. The maximum Gasteiger partial charge on any atom is 0.0769 e. The summed E-state index contributed by atoms with van der Waals surface area (Å²) in [5.74, 6) is 0. The molecule has 52 valence electrons. The summed E-state index contributed by atoms with van der Waals surface area (Å²) < 4.78 is 8.08. The van der Waals surface area contributed by atoms with Gasteiger partial charge in [-0.25, -0.2) is 0 Å². The smallest absolute Gasteiger partial charge is 0.0769 e. The van der Waals surface area contributed by atoms with Gasteiger partial charge < -0.3 is 0 Å². The number of hydrogen-bond donors (Lipinski definition) is 0. The van der Waals surface area contributed by atoms with Crippen molar-refractivity contribution in [2.24, 2.45) is 0 Å². The van der Waals surface area contributed by atoms with Crippen LogP contribution in [0.2, 0.25) is 0 Å². The summed E-state index contributed by atoms with van der Waals surface area (Å²) in [5.41, 5.74) is 2.22. The van der Waals surface area contributed by atoms with Crippen LogP contribution in [-0.4, -0.2) is 8.75 Å². The van der Waals surface area contributed by atoms with Gasteiger partial charge in [0.05, 0.1) is 23.1 Å². The van der Waals surface area contributed by atoms with E-state index in [1.54, 1.807) is 0 Å². The number of hydrogen-bond acceptors (Lipinski definition) is 3. The van der Waals surface area contributed by atoms with E-state index in [9.17, 15) is 0 Å². The van der Waals surface area contributed by atoms with E-state index < -0.39 is 0 Å². The Labute approximate surface area is 60.3 Å². The van der Waals surface area contributed by atoms with Gasteiger partial charge in [0.25, 0.3) is 0 Å². The lowest BCUT2D eigenvalue weighted by Crippen LogP contribution is -1.81. The molecule has 1 aromatic heterocycles. The van der Waals surface area contributed by atoms with Gasteiger partial charge in [-0.15, -0.1) is 0 Å². The number of aromatic nitrogens is 2. The molecule has 1 rings (SSSR count). The average molecular weight is 144 g/mol. The van der Waals surface area contributed by atoms with Gasteiger partial charge >= 0.3 is 0 Å². The average Bonchev–Trinajstić information content (AvgIpc) is 2.14. The first-order chi connectivity index (χ1) is 3.84. The molecular formula is C6H12N2S. The molecule has 1 heterocycles. The molecule has 0 N–H and O–H groups in total. The lowest BCUT2D eigenvalue weighted by atomic mass is 10.3. The lowest BCUT2D eigenvalue weighted by Gasteiger charge is -1.83. The third-order valence-corrected chi connectivity index (χ3v) is 1.74. The Morgan fingerprint density at radius 1 is 1.44 bits per heavy atom. The molecule has 0 radical (unpaired) electrons. The minimum absolute atomic E-state index is 0. The zero-order chi connectivity index (χ0) is 5.98. The fourth-order valence-electron chi connectivity index (χ4n) is 0.570. The van der Waals surface area contributed by atoms with E-state index >= 15 is 0 Å². The van der Waals surface area contributed by atoms with Crippen LogP contribution in [0.1, 0.15) is 25.7 Å². The van der Waals surface area contributed by atoms with Crippen LogP contribution in [0.15, 0.2) is 0 Å². The molecule has 1 aromatic rings. The molecule has 0 aliphatic carbocycles. The Morgan fingerprint density at radius 2 is 2.11 bits per heavy atom. The van der Waals surface area contributed by atoms with E-state index in [1.165, 1.54) is 11.7 Å². The van der Waals surface area contributed by atoms with Gasteiger partial charge in [0.15, 0.2) is 0 Å². The van der Waals surface area contributed by atoms with Crippen LogP contribution >= 0.6 is 11.7 Å². The van der Waals surface area contributed by atoms with Gasteiger partial charge in [0, 0.05) is 0 Å². The van der Waals surface area contributed by atoms with Crippen molar-refractivity contribution in [1.82, 2.24) is 8.75 Å². The molecule has 0 saturated heterocycles. The highest BCUT2D eigenvalue weighted by atomic mass is 32.1. The van der Waals surface area contributed by atoms with Crippen molar-refractivity contribution in [3.05, 3.63) is 11.4 Å². The van der Waals surface area contributed by atoms with E-state index in [2.05, 4.69) is 15.7 Å². The molecule has 2 nitrogen and oxygen atoms in total. The van der Waals surface area contributed by atoms with Gasteiger partial charge in [-0.1, -0.05) is 14.4 Å². The third kappa shape index (κ3) is 1.75. The molecule has 0 aliphatic rings. The van der Waals surface area contributed by atoms with Crippen LogP contribution in [0.3, 0.4) is 0 Å². The van der Waals surface area contributed by atoms with Gasteiger partial charge in [-0.2, -0.15) is 8.75 Å². The van der Waals surface area contributed by atoms with Crippen molar-refractivity contribution in [1.29, 1.82) is 0 Å². The van der Waals surface area contributed by atoms with E-state index in [1.807, 2.05) is 6.92 Å². The van der Waals surface area contributed by atoms with Crippen molar-refractivity contribution in [2.45, 2.75) is 27.7 Å². The molecule has 0 unspecified atom stereocenters.